The van der Waals surface area contributed by atoms with Crippen LogP contribution in [0.1, 0.15) is 18.1 Å². The third-order valence-corrected chi connectivity index (χ3v) is 6.45. The first kappa shape index (κ1) is 20.6. The van der Waals surface area contributed by atoms with Crippen LogP contribution in [-0.2, 0) is 11.3 Å². The third-order valence-electron chi connectivity index (χ3n) is 5.50. The fraction of sp³-hybridized carbons (Fsp3) is 0.348. The maximum atomic E-state index is 12.9. The Bertz CT molecular complexity index is 965. The summed E-state index contributed by atoms with van der Waals surface area (Å²) in [5, 5.41) is 7.68. The number of benzene rings is 2. The molecule has 3 aromatic rings. The molecule has 0 unspecified atom stereocenters. The molecule has 6 nitrogen and oxygen atoms in total. The van der Waals surface area contributed by atoms with Crippen molar-refractivity contribution in [2.45, 2.75) is 30.8 Å². The van der Waals surface area contributed by atoms with Crippen molar-refractivity contribution in [3.63, 3.8) is 0 Å². The molecule has 0 bridgehead atoms. The first-order valence-electron chi connectivity index (χ1n) is 10.4. The second kappa shape index (κ2) is 9.45. The maximum absolute atomic E-state index is 12.9. The van der Waals surface area contributed by atoms with Crippen LogP contribution in [0.2, 0.25) is 0 Å². The lowest BCUT2D eigenvalue weighted by Crippen LogP contribution is -3.13. The summed E-state index contributed by atoms with van der Waals surface area (Å²) in [4.78, 5) is 21.0. The van der Waals surface area contributed by atoms with E-state index in [1.807, 2.05) is 30.0 Å². The van der Waals surface area contributed by atoms with Gasteiger partial charge >= 0.3 is 0 Å². The fourth-order valence-corrected chi connectivity index (χ4v) is 4.52. The number of rotatable bonds is 6. The number of hydrogen-bond donors (Lipinski definition) is 2. The summed E-state index contributed by atoms with van der Waals surface area (Å²) in [5.74, 6) is 0.899. The number of aromatic amines is 1. The molecular formula is C23H28N5OS+. The van der Waals surface area contributed by atoms with Crippen molar-refractivity contribution in [1.82, 2.24) is 20.1 Å². The normalized spacial score (nSPS) is 15.9. The number of H-pyrrole nitrogens is 1. The van der Waals surface area contributed by atoms with E-state index in [1.54, 1.807) is 0 Å². The average molecular weight is 423 g/mol. The van der Waals surface area contributed by atoms with Crippen molar-refractivity contribution in [2.24, 2.45) is 0 Å². The van der Waals surface area contributed by atoms with E-state index < -0.39 is 0 Å². The fourth-order valence-electron chi connectivity index (χ4n) is 3.71. The second-order valence-electron chi connectivity index (χ2n) is 7.83. The number of thioether (sulfide) groups is 1. The molecule has 0 spiro atoms. The minimum atomic E-state index is -0.206. The lowest BCUT2D eigenvalue weighted by atomic mass is 10.1. The zero-order valence-electron chi connectivity index (χ0n) is 17.5. The van der Waals surface area contributed by atoms with Crippen molar-refractivity contribution in [1.29, 1.82) is 0 Å². The summed E-state index contributed by atoms with van der Waals surface area (Å²) >= 11 is 1.42. The molecule has 1 saturated heterocycles. The van der Waals surface area contributed by atoms with Gasteiger partial charge in [0.05, 0.1) is 31.4 Å². The van der Waals surface area contributed by atoms with E-state index in [2.05, 4.69) is 58.5 Å². The topological polar surface area (TPSA) is 66.3 Å². The molecule has 156 valence electrons. The highest BCUT2D eigenvalue weighted by Crippen LogP contribution is 2.24. The number of hydrogen-bond acceptors (Lipinski definition) is 4. The maximum Gasteiger partial charge on any atom is 0.236 e. The highest BCUT2D eigenvalue weighted by molar-refractivity contribution is 8.00. The molecule has 1 aromatic heterocycles. The number of aryl methyl sites for hydroxylation is 1. The first-order valence-corrected chi connectivity index (χ1v) is 11.3. The van der Waals surface area contributed by atoms with E-state index in [9.17, 15) is 4.79 Å². The van der Waals surface area contributed by atoms with Crippen molar-refractivity contribution >= 4 is 17.7 Å². The Hall–Kier alpha value is -2.64. The lowest BCUT2D eigenvalue weighted by Gasteiger charge is -2.33. The van der Waals surface area contributed by atoms with E-state index in [-0.39, 0.29) is 11.2 Å². The van der Waals surface area contributed by atoms with Gasteiger partial charge in [-0.3, -0.25) is 9.89 Å². The van der Waals surface area contributed by atoms with Gasteiger partial charge in [0, 0.05) is 11.1 Å². The van der Waals surface area contributed by atoms with Crippen LogP contribution < -0.4 is 4.90 Å². The van der Waals surface area contributed by atoms with Crippen LogP contribution in [0.5, 0.6) is 0 Å². The molecule has 1 atom stereocenters. The molecule has 1 amide bonds. The van der Waals surface area contributed by atoms with Gasteiger partial charge in [-0.15, -0.1) is 5.10 Å². The van der Waals surface area contributed by atoms with Gasteiger partial charge in [0.15, 0.2) is 5.82 Å². The Kier molecular flexibility index (Phi) is 6.50. The summed E-state index contributed by atoms with van der Waals surface area (Å²) in [6, 6.07) is 18.7. The summed E-state index contributed by atoms with van der Waals surface area (Å²) in [6.45, 7) is 8.58. The van der Waals surface area contributed by atoms with Gasteiger partial charge in [0.1, 0.15) is 6.54 Å². The van der Waals surface area contributed by atoms with Gasteiger partial charge in [-0.2, -0.15) is 0 Å². The Morgan fingerprint density at radius 1 is 1.13 bits per heavy atom. The van der Waals surface area contributed by atoms with E-state index >= 15 is 0 Å². The van der Waals surface area contributed by atoms with Gasteiger partial charge in [0.25, 0.3) is 0 Å². The molecule has 0 saturated carbocycles. The monoisotopic (exact) mass is 422 g/mol. The summed E-state index contributed by atoms with van der Waals surface area (Å²) < 4.78 is 0. The molecule has 1 fully saturated rings. The average Bonchev–Trinajstić information content (AvgIpc) is 3.23. The number of carbonyl (C=O) groups is 1. The quantitative estimate of drug-likeness (QED) is 0.598. The van der Waals surface area contributed by atoms with E-state index in [1.165, 1.54) is 27.8 Å². The summed E-state index contributed by atoms with van der Waals surface area (Å²) in [7, 11) is 0. The Labute approximate surface area is 181 Å². The highest BCUT2D eigenvalue weighted by Gasteiger charge is 2.28. The van der Waals surface area contributed by atoms with E-state index in [0.717, 1.165) is 44.1 Å². The smallest absolute Gasteiger partial charge is 0.236 e. The Morgan fingerprint density at radius 2 is 1.83 bits per heavy atom. The number of nitrogens with zero attached hydrogens (tertiary/aromatic N) is 3. The molecule has 2 heterocycles. The number of quaternary nitrogens is 1. The van der Waals surface area contributed by atoms with Crippen molar-refractivity contribution < 1.29 is 9.69 Å². The van der Waals surface area contributed by atoms with Crippen LogP contribution >= 0.6 is 11.8 Å². The molecule has 2 aromatic carbocycles. The summed E-state index contributed by atoms with van der Waals surface area (Å²) in [5.41, 5.74) is 3.56. The Balaban J connectivity index is 1.29. The zero-order chi connectivity index (χ0) is 20.9. The van der Waals surface area contributed by atoms with Gasteiger partial charge < -0.3 is 9.80 Å². The molecule has 0 radical (unpaired) electrons. The van der Waals surface area contributed by atoms with Gasteiger partial charge in [-0.1, -0.05) is 71.9 Å². The number of amides is 1. The molecule has 4 rings (SSSR count). The first-order chi connectivity index (χ1) is 14.6. The molecule has 7 heteroatoms. The summed E-state index contributed by atoms with van der Waals surface area (Å²) in [6.07, 6.45) is 0. The molecule has 0 aliphatic carbocycles. The Morgan fingerprint density at radius 3 is 2.53 bits per heavy atom. The van der Waals surface area contributed by atoms with Gasteiger partial charge in [0.2, 0.25) is 11.1 Å². The minimum absolute atomic E-state index is 0.167. The van der Waals surface area contributed by atoms with Crippen molar-refractivity contribution in [2.75, 3.05) is 26.2 Å². The van der Waals surface area contributed by atoms with Crippen molar-refractivity contribution in [3.05, 3.63) is 65.7 Å². The minimum Gasteiger partial charge on any atom is -0.330 e. The molecule has 1 aliphatic rings. The lowest BCUT2D eigenvalue weighted by molar-refractivity contribution is -0.917. The van der Waals surface area contributed by atoms with E-state index in [0.29, 0.717) is 5.16 Å². The van der Waals surface area contributed by atoms with Crippen LogP contribution in [-0.4, -0.2) is 57.4 Å². The highest BCUT2D eigenvalue weighted by atomic mass is 32.2. The predicted octanol–water partition coefficient (Wildman–Crippen LogP) is 2.19. The van der Waals surface area contributed by atoms with Crippen molar-refractivity contribution in [3.8, 4) is 11.4 Å². The largest absolute Gasteiger partial charge is 0.330 e. The van der Waals surface area contributed by atoms with Crippen LogP contribution in [0.4, 0.5) is 0 Å². The van der Waals surface area contributed by atoms with Gasteiger partial charge in [-0.05, 0) is 13.8 Å². The molecule has 1 aliphatic heterocycles. The van der Waals surface area contributed by atoms with Crippen LogP contribution in [0.3, 0.4) is 0 Å². The number of piperazine rings is 1. The van der Waals surface area contributed by atoms with Crippen LogP contribution in [0.25, 0.3) is 11.4 Å². The SMILES string of the molecule is Cc1ccc(-c2nc(S[C@@H](C)C(=O)N3CC[NH+](Cc4ccccc4)CC3)n[nH]2)cc1. The van der Waals surface area contributed by atoms with E-state index in [4.69, 9.17) is 0 Å². The number of nitrogens with one attached hydrogen (secondary N) is 2. The van der Waals surface area contributed by atoms with Crippen LogP contribution in [0, 0.1) is 6.92 Å². The second-order valence-corrected chi connectivity index (χ2v) is 9.14. The zero-order valence-corrected chi connectivity index (χ0v) is 18.3. The van der Waals surface area contributed by atoms with Crippen LogP contribution in [0.15, 0.2) is 59.8 Å². The molecular weight excluding hydrogens is 394 g/mol. The third kappa shape index (κ3) is 5.09. The number of aromatic nitrogens is 3. The standard InChI is InChI=1S/C23H27N5OS/c1-17-8-10-20(11-9-17)21-24-23(26-25-21)30-18(2)22(29)28-14-12-27(13-15-28)16-19-6-4-3-5-7-19/h3-11,18H,12-16H2,1-2H3,(H,24,25,26)/p+1/t18-/m0/s1. The molecule has 2 N–H and O–H groups in total. The molecule has 30 heavy (non-hydrogen) atoms. The predicted molar refractivity (Wildman–Crippen MR) is 119 cm³/mol. The number of carbonyl (C=O) groups excluding carboxylic acids is 1. The van der Waals surface area contributed by atoms with Gasteiger partial charge in [-0.25, -0.2) is 4.98 Å².